The summed E-state index contributed by atoms with van der Waals surface area (Å²) in [6.45, 7) is 1.09. The van der Waals surface area contributed by atoms with Gasteiger partial charge in [-0.25, -0.2) is 8.78 Å². The van der Waals surface area contributed by atoms with Crippen molar-refractivity contribution in [2.24, 2.45) is 5.92 Å². The van der Waals surface area contributed by atoms with Crippen LogP contribution in [-0.4, -0.2) is 35.7 Å². The number of carbonyl (C=O) groups excluding carboxylic acids is 2. The Balaban J connectivity index is 1.46. The van der Waals surface area contributed by atoms with Crippen LogP contribution in [0.5, 0.6) is 0 Å². The van der Waals surface area contributed by atoms with E-state index in [1.165, 1.54) is 0 Å². The number of amides is 1. The lowest BCUT2D eigenvalue weighted by Crippen LogP contribution is -2.45. The average Bonchev–Trinajstić information content (AvgIpc) is 3.55. The van der Waals surface area contributed by atoms with Gasteiger partial charge in [0.25, 0.3) is 0 Å². The minimum Gasteiger partial charge on any atom is -0.352 e. The normalized spacial score (nSPS) is 19.0. The topological polar surface area (TPSA) is 49.4 Å². The van der Waals surface area contributed by atoms with E-state index in [4.69, 9.17) is 0 Å². The van der Waals surface area contributed by atoms with Gasteiger partial charge in [-0.05, 0) is 62.5 Å². The van der Waals surface area contributed by atoms with Crippen molar-refractivity contribution in [1.82, 2.24) is 10.2 Å². The number of carbonyl (C=O) groups is 2. The maximum Gasteiger partial charge on any atom is 0.242 e. The van der Waals surface area contributed by atoms with Crippen LogP contribution in [0.2, 0.25) is 0 Å². The first-order chi connectivity index (χ1) is 14.0. The van der Waals surface area contributed by atoms with Gasteiger partial charge in [0.1, 0.15) is 17.7 Å². The van der Waals surface area contributed by atoms with Crippen LogP contribution in [-0.2, 0) is 4.79 Å². The van der Waals surface area contributed by atoms with Gasteiger partial charge in [0.15, 0.2) is 5.78 Å². The average molecular weight is 398 g/mol. The van der Waals surface area contributed by atoms with Gasteiger partial charge < -0.3 is 5.32 Å². The van der Waals surface area contributed by atoms with Gasteiger partial charge >= 0.3 is 0 Å². The van der Waals surface area contributed by atoms with Crippen molar-refractivity contribution in [3.63, 3.8) is 0 Å². The van der Waals surface area contributed by atoms with E-state index >= 15 is 0 Å². The highest BCUT2D eigenvalue weighted by Gasteiger charge is 2.35. The van der Waals surface area contributed by atoms with Crippen LogP contribution in [0.15, 0.2) is 48.5 Å². The smallest absolute Gasteiger partial charge is 0.242 e. The highest BCUT2D eigenvalue weighted by atomic mass is 19.1. The summed E-state index contributed by atoms with van der Waals surface area (Å²) in [6, 6.07) is 12.5. The number of hydrogen-bond donors (Lipinski definition) is 1. The Labute approximate surface area is 168 Å². The van der Waals surface area contributed by atoms with Gasteiger partial charge in [0, 0.05) is 12.0 Å². The summed E-state index contributed by atoms with van der Waals surface area (Å²) in [5, 5.41) is 3.08. The fraction of sp³-hybridized carbons (Fsp3) is 0.391. The fourth-order valence-electron chi connectivity index (χ4n) is 4.00. The molecule has 152 valence electrons. The summed E-state index contributed by atoms with van der Waals surface area (Å²) < 4.78 is 27.4. The largest absolute Gasteiger partial charge is 0.352 e. The Kier molecular flexibility index (Phi) is 5.72. The lowest BCUT2D eigenvalue weighted by atomic mass is 9.87. The molecular formula is C23H24F2N2O2. The number of Topliss-reactive ketones (excluding diaryl/α,β-unsaturated/α-hetero) is 1. The zero-order valence-electron chi connectivity index (χ0n) is 16.1. The second-order valence-electron chi connectivity index (χ2n) is 7.89. The second kappa shape index (κ2) is 8.41. The molecule has 4 rings (SSSR count). The van der Waals surface area contributed by atoms with Crippen molar-refractivity contribution in [1.29, 1.82) is 0 Å². The molecular weight excluding hydrogens is 374 g/mol. The molecule has 4 nitrogen and oxygen atoms in total. The number of benzene rings is 2. The number of nitrogens with zero attached hydrogens (tertiary/aromatic N) is 1. The molecule has 2 aliphatic rings. The van der Waals surface area contributed by atoms with Crippen LogP contribution in [0.4, 0.5) is 8.78 Å². The van der Waals surface area contributed by atoms with E-state index in [0.717, 1.165) is 36.6 Å². The molecule has 1 N–H and O–H groups in total. The maximum absolute atomic E-state index is 14.0. The monoisotopic (exact) mass is 398 g/mol. The molecule has 1 amide bonds. The molecule has 1 aliphatic heterocycles. The van der Waals surface area contributed by atoms with Crippen LogP contribution >= 0.6 is 0 Å². The minimum absolute atomic E-state index is 0.0142. The van der Waals surface area contributed by atoms with Gasteiger partial charge in [-0.3, -0.25) is 14.5 Å². The number of rotatable bonds is 6. The van der Waals surface area contributed by atoms with Crippen molar-refractivity contribution in [3.05, 3.63) is 71.3 Å². The van der Waals surface area contributed by atoms with Gasteiger partial charge in [0.2, 0.25) is 5.91 Å². The van der Waals surface area contributed by atoms with E-state index in [1.807, 2.05) is 30.3 Å². The van der Waals surface area contributed by atoms with Crippen LogP contribution in [0.25, 0.3) is 0 Å². The Morgan fingerprint density at radius 2 is 1.66 bits per heavy atom. The molecule has 0 spiro atoms. The SMILES string of the molecule is O=C(c1cc(F)ccc1F)C1CCN([C@H](C(=O)NC2CC2)c2ccccc2)CC1. The van der Waals surface area contributed by atoms with E-state index in [-0.39, 0.29) is 29.2 Å². The standard InChI is InChI=1S/C23H24F2N2O2/c24-17-6-9-20(25)19(14-17)22(28)16-10-12-27(13-11-16)21(15-4-2-1-3-5-15)23(29)26-18-7-8-18/h1-6,9,14,16,18,21H,7-8,10-13H2,(H,26,29)/t21-/m0/s1. The third-order valence-corrected chi connectivity index (χ3v) is 5.75. The molecule has 2 aromatic carbocycles. The van der Waals surface area contributed by atoms with Gasteiger partial charge in [-0.2, -0.15) is 0 Å². The summed E-state index contributed by atoms with van der Waals surface area (Å²) >= 11 is 0. The Morgan fingerprint density at radius 3 is 2.31 bits per heavy atom. The van der Waals surface area contributed by atoms with Crippen LogP contribution < -0.4 is 5.32 Å². The predicted octanol–water partition coefficient (Wildman–Crippen LogP) is 3.88. The van der Waals surface area contributed by atoms with E-state index in [9.17, 15) is 18.4 Å². The molecule has 6 heteroatoms. The molecule has 0 aromatic heterocycles. The molecule has 0 bridgehead atoms. The molecule has 2 aromatic rings. The summed E-state index contributed by atoms with van der Waals surface area (Å²) in [6.07, 6.45) is 3.05. The van der Waals surface area contributed by atoms with E-state index in [0.29, 0.717) is 25.9 Å². The third-order valence-electron chi connectivity index (χ3n) is 5.75. The van der Waals surface area contributed by atoms with E-state index in [1.54, 1.807) is 0 Å². The molecule has 1 heterocycles. The quantitative estimate of drug-likeness (QED) is 0.752. The number of nitrogens with one attached hydrogen (secondary N) is 1. The highest BCUT2D eigenvalue weighted by molar-refractivity contribution is 5.98. The van der Waals surface area contributed by atoms with Crippen molar-refractivity contribution in [2.75, 3.05) is 13.1 Å². The number of ketones is 1. The molecule has 0 radical (unpaired) electrons. The van der Waals surface area contributed by atoms with Crippen LogP contribution in [0.1, 0.15) is 47.6 Å². The maximum atomic E-state index is 14.0. The summed E-state index contributed by atoms with van der Waals surface area (Å²) in [5.74, 6) is -2.05. The molecule has 1 atom stereocenters. The summed E-state index contributed by atoms with van der Waals surface area (Å²) in [4.78, 5) is 27.7. The first kappa shape index (κ1) is 19.7. The zero-order chi connectivity index (χ0) is 20.4. The third kappa shape index (κ3) is 4.53. The van der Waals surface area contributed by atoms with Gasteiger partial charge in [-0.1, -0.05) is 30.3 Å². The van der Waals surface area contributed by atoms with E-state index in [2.05, 4.69) is 10.2 Å². The zero-order valence-corrected chi connectivity index (χ0v) is 16.1. The second-order valence-corrected chi connectivity index (χ2v) is 7.89. The van der Waals surface area contributed by atoms with Crippen molar-refractivity contribution in [2.45, 2.75) is 37.8 Å². The molecule has 0 unspecified atom stereocenters. The van der Waals surface area contributed by atoms with Gasteiger partial charge in [-0.15, -0.1) is 0 Å². The first-order valence-electron chi connectivity index (χ1n) is 10.1. The Bertz CT molecular complexity index is 891. The molecule has 29 heavy (non-hydrogen) atoms. The Morgan fingerprint density at radius 1 is 0.966 bits per heavy atom. The molecule has 1 saturated heterocycles. The number of halogens is 2. The lowest BCUT2D eigenvalue weighted by Gasteiger charge is -2.36. The minimum atomic E-state index is -0.690. The first-order valence-corrected chi connectivity index (χ1v) is 10.1. The highest BCUT2D eigenvalue weighted by Crippen LogP contribution is 2.30. The van der Waals surface area contributed by atoms with Crippen molar-refractivity contribution < 1.29 is 18.4 Å². The summed E-state index contributed by atoms with van der Waals surface area (Å²) in [7, 11) is 0. The molecule has 2 fully saturated rings. The molecule has 1 saturated carbocycles. The lowest BCUT2D eigenvalue weighted by molar-refractivity contribution is -0.127. The Hall–Kier alpha value is -2.60. The van der Waals surface area contributed by atoms with Crippen LogP contribution in [0.3, 0.4) is 0 Å². The number of likely N-dealkylation sites (tertiary alicyclic amines) is 1. The van der Waals surface area contributed by atoms with Gasteiger partial charge in [0.05, 0.1) is 5.56 Å². The number of piperidine rings is 1. The predicted molar refractivity (Wildman–Crippen MR) is 105 cm³/mol. The summed E-state index contributed by atoms with van der Waals surface area (Å²) in [5.41, 5.74) is 0.737. The van der Waals surface area contributed by atoms with E-state index < -0.39 is 17.7 Å². The molecule has 1 aliphatic carbocycles. The number of hydrogen-bond acceptors (Lipinski definition) is 3. The fourth-order valence-corrected chi connectivity index (χ4v) is 4.00. The van der Waals surface area contributed by atoms with Crippen molar-refractivity contribution >= 4 is 11.7 Å². The van der Waals surface area contributed by atoms with Crippen LogP contribution in [0, 0.1) is 17.6 Å². The van der Waals surface area contributed by atoms with Crippen molar-refractivity contribution in [3.8, 4) is 0 Å².